The summed E-state index contributed by atoms with van der Waals surface area (Å²) < 4.78 is 91.3. The second-order valence-corrected chi connectivity index (χ2v) is 8.84. The zero-order valence-electron chi connectivity index (χ0n) is 15.6. The molecule has 0 aliphatic rings. The normalized spacial score (nSPS) is 13.0. The zero-order chi connectivity index (χ0) is 23.4. The van der Waals surface area contributed by atoms with Gasteiger partial charge in [0.15, 0.2) is 21.3 Å². The first kappa shape index (κ1) is 22.9. The fraction of sp³-hybridized carbons (Fsp3) is 0.312. The quantitative estimate of drug-likeness (QED) is 0.405. The topological polar surface area (TPSA) is 108 Å². The van der Waals surface area contributed by atoms with Gasteiger partial charge < -0.3 is 4.57 Å². The smallest absolute Gasteiger partial charge is 0.309 e. The minimum atomic E-state index is -5.90. The standard InChI is InChI=1S/C16H11ClF5N5O3S/c1-3-31(29,30)9-4-7(12(17)28)6-23-11(9)14-24-8-5-10(15(18,19)16(20,21)22)25-26-13(8)27(14)2/h4-6H,3H2,1-2H3. The summed E-state index contributed by atoms with van der Waals surface area (Å²) in [5.41, 5.74) is -2.76. The summed E-state index contributed by atoms with van der Waals surface area (Å²) in [5.74, 6) is -5.87. The molecule has 0 radical (unpaired) electrons. The van der Waals surface area contributed by atoms with Gasteiger partial charge in [-0.1, -0.05) is 6.92 Å². The van der Waals surface area contributed by atoms with Crippen LogP contribution in [0, 0.1) is 0 Å². The Kier molecular flexibility index (Phi) is 5.51. The number of carbonyl (C=O) groups excluding carboxylic acids is 1. The van der Waals surface area contributed by atoms with Crippen LogP contribution in [0.4, 0.5) is 22.0 Å². The second-order valence-electron chi connectivity index (χ2n) is 6.25. The van der Waals surface area contributed by atoms with Crippen LogP contribution in [0.15, 0.2) is 23.2 Å². The van der Waals surface area contributed by atoms with Crippen LogP contribution >= 0.6 is 11.6 Å². The molecule has 0 atom stereocenters. The molecular formula is C16H11ClF5N5O3S. The van der Waals surface area contributed by atoms with Crippen LogP contribution in [0.5, 0.6) is 0 Å². The molecule has 3 heterocycles. The Hall–Kier alpha value is -2.74. The Morgan fingerprint density at radius 3 is 2.35 bits per heavy atom. The molecule has 0 fully saturated rings. The van der Waals surface area contributed by atoms with Crippen LogP contribution in [0.1, 0.15) is 23.0 Å². The maximum Gasteiger partial charge on any atom is 0.459 e. The Morgan fingerprint density at radius 2 is 1.81 bits per heavy atom. The first-order chi connectivity index (χ1) is 14.2. The van der Waals surface area contributed by atoms with Crippen molar-refractivity contribution < 1.29 is 35.2 Å². The number of sulfone groups is 1. The minimum absolute atomic E-state index is 0.198. The number of alkyl halides is 5. The Bertz CT molecular complexity index is 1310. The van der Waals surface area contributed by atoms with Crippen LogP contribution in [-0.4, -0.2) is 50.3 Å². The van der Waals surface area contributed by atoms with Gasteiger partial charge in [0, 0.05) is 13.2 Å². The van der Waals surface area contributed by atoms with E-state index >= 15 is 0 Å². The maximum absolute atomic E-state index is 13.6. The molecule has 0 unspecified atom stereocenters. The Balaban J connectivity index is 2.27. The average Bonchev–Trinajstić information content (AvgIpc) is 3.02. The van der Waals surface area contributed by atoms with Crippen molar-refractivity contribution in [3.8, 4) is 11.5 Å². The molecule has 166 valence electrons. The maximum atomic E-state index is 13.6. The predicted molar refractivity (Wildman–Crippen MR) is 97.4 cm³/mol. The number of hydrogen-bond donors (Lipinski definition) is 0. The van der Waals surface area contributed by atoms with E-state index in [1.165, 1.54) is 14.0 Å². The molecule has 0 N–H and O–H groups in total. The van der Waals surface area contributed by atoms with E-state index in [4.69, 9.17) is 11.6 Å². The molecule has 0 aliphatic heterocycles. The predicted octanol–water partition coefficient (Wildman–Crippen LogP) is 3.25. The number of aryl methyl sites for hydroxylation is 1. The number of carbonyl (C=O) groups is 1. The van der Waals surface area contributed by atoms with Gasteiger partial charge in [-0.25, -0.2) is 13.4 Å². The van der Waals surface area contributed by atoms with Gasteiger partial charge >= 0.3 is 12.1 Å². The summed E-state index contributed by atoms with van der Waals surface area (Å²) in [6.07, 6.45) is -4.92. The number of nitrogens with zero attached hydrogens (tertiary/aromatic N) is 5. The van der Waals surface area contributed by atoms with E-state index in [1.807, 2.05) is 0 Å². The number of rotatable bonds is 5. The largest absolute Gasteiger partial charge is 0.459 e. The van der Waals surface area contributed by atoms with Crippen molar-refractivity contribution in [1.82, 2.24) is 24.7 Å². The van der Waals surface area contributed by atoms with Gasteiger partial charge in [-0.2, -0.15) is 22.0 Å². The van der Waals surface area contributed by atoms with Crippen molar-refractivity contribution in [1.29, 1.82) is 0 Å². The van der Waals surface area contributed by atoms with Crippen molar-refractivity contribution in [2.24, 2.45) is 7.05 Å². The van der Waals surface area contributed by atoms with Crippen molar-refractivity contribution in [2.75, 3.05) is 5.75 Å². The highest BCUT2D eigenvalue weighted by Gasteiger charge is 2.60. The van der Waals surface area contributed by atoms with Gasteiger partial charge in [0.25, 0.3) is 5.24 Å². The third kappa shape index (κ3) is 3.84. The number of hydrogen-bond acceptors (Lipinski definition) is 7. The second kappa shape index (κ2) is 7.44. The minimum Gasteiger partial charge on any atom is -0.309 e. The lowest BCUT2D eigenvalue weighted by molar-refractivity contribution is -0.291. The molecule has 3 aromatic heterocycles. The van der Waals surface area contributed by atoms with Crippen LogP contribution in [-0.2, 0) is 22.8 Å². The van der Waals surface area contributed by atoms with E-state index < -0.39 is 43.3 Å². The first-order valence-corrected chi connectivity index (χ1v) is 10.3. The lowest BCUT2D eigenvalue weighted by Gasteiger charge is -2.17. The van der Waals surface area contributed by atoms with Crippen LogP contribution in [0.25, 0.3) is 22.7 Å². The van der Waals surface area contributed by atoms with Gasteiger partial charge in [0.2, 0.25) is 0 Å². The summed E-state index contributed by atoms with van der Waals surface area (Å²) in [4.78, 5) is 18.8. The highest BCUT2D eigenvalue weighted by molar-refractivity contribution is 7.91. The van der Waals surface area contributed by atoms with Gasteiger partial charge in [0.05, 0.1) is 16.2 Å². The van der Waals surface area contributed by atoms with Gasteiger partial charge in [-0.3, -0.25) is 9.78 Å². The summed E-state index contributed by atoms with van der Waals surface area (Å²) in [5, 5.41) is 5.37. The number of fused-ring (bicyclic) bond motifs is 1. The summed E-state index contributed by atoms with van der Waals surface area (Å²) in [6.45, 7) is 1.33. The molecule has 0 aliphatic carbocycles. The van der Waals surface area contributed by atoms with Crippen LogP contribution < -0.4 is 0 Å². The lowest BCUT2D eigenvalue weighted by atomic mass is 10.2. The van der Waals surface area contributed by atoms with E-state index in [1.54, 1.807) is 0 Å². The number of pyridine rings is 1. The number of aromatic nitrogens is 5. The molecule has 3 rings (SSSR count). The molecule has 3 aromatic rings. The third-order valence-electron chi connectivity index (χ3n) is 4.30. The van der Waals surface area contributed by atoms with Crippen LogP contribution in [0.2, 0.25) is 0 Å². The van der Waals surface area contributed by atoms with Crippen molar-refractivity contribution in [3.63, 3.8) is 0 Å². The van der Waals surface area contributed by atoms with Crippen LogP contribution in [0.3, 0.4) is 0 Å². The monoisotopic (exact) mass is 483 g/mol. The van der Waals surface area contributed by atoms with Crippen molar-refractivity contribution in [2.45, 2.75) is 23.9 Å². The SMILES string of the molecule is CCS(=O)(=O)c1cc(C(=O)Cl)cnc1-c1nc2cc(C(F)(F)C(F)(F)F)nnc2n1C. The average molecular weight is 484 g/mol. The third-order valence-corrected chi connectivity index (χ3v) is 6.26. The zero-order valence-corrected chi connectivity index (χ0v) is 17.1. The molecule has 8 nitrogen and oxygen atoms in total. The lowest BCUT2D eigenvalue weighted by Crippen LogP contribution is -2.34. The summed E-state index contributed by atoms with van der Waals surface area (Å²) in [6, 6.07) is 1.38. The van der Waals surface area contributed by atoms with Gasteiger partial charge in [-0.05, 0) is 23.7 Å². The molecule has 0 saturated heterocycles. The van der Waals surface area contributed by atoms with Gasteiger partial charge in [-0.15, -0.1) is 10.2 Å². The highest BCUT2D eigenvalue weighted by Crippen LogP contribution is 2.43. The molecule has 0 aromatic carbocycles. The van der Waals surface area contributed by atoms with Crippen molar-refractivity contribution >= 4 is 37.8 Å². The first-order valence-electron chi connectivity index (χ1n) is 8.29. The molecule has 0 saturated carbocycles. The number of halogens is 6. The van der Waals surface area contributed by atoms with Crippen molar-refractivity contribution in [3.05, 3.63) is 29.6 Å². The summed E-state index contributed by atoms with van der Waals surface area (Å²) >= 11 is 5.38. The molecule has 31 heavy (non-hydrogen) atoms. The van der Waals surface area contributed by atoms with E-state index in [2.05, 4.69) is 20.2 Å². The fourth-order valence-electron chi connectivity index (χ4n) is 2.61. The van der Waals surface area contributed by atoms with E-state index in [9.17, 15) is 35.2 Å². The summed E-state index contributed by atoms with van der Waals surface area (Å²) in [7, 11) is -2.66. The Labute approximate surface area is 176 Å². The molecule has 0 bridgehead atoms. The van der Waals surface area contributed by atoms with E-state index in [0.29, 0.717) is 6.07 Å². The molecular weight excluding hydrogens is 473 g/mol. The van der Waals surface area contributed by atoms with E-state index in [-0.39, 0.29) is 28.5 Å². The Morgan fingerprint density at radius 1 is 1.16 bits per heavy atom. The highest BCUT2D eigenvalue weighted by atomic mass is 35.5. The number of imidazole rings is 1. The van der Waals surface area contributed by atoms with Gasteiger partial charge in [0.1, 0.15) is 16.9 Å². The molecule has 0 amide bonds. The molecule has 0 spiro atoms. The fourth-order valence-corrected chi connectivity index (χ4v) is 3.77. The molecule has 15 heteroatoms. The van der Waals surface area contributed by atoms with E-state index in [0.717, 1.165) is 16.8 Å².